The standard InChI is InChI=1S/C23H25FN2O3S/c24-18-4-2-1-3-17(18)10-19-20(27)26(22(29)30-19)6-5-25-21(28)23-11-14-7-15(12-23)9-16(8-14)13-23/h1-4,10,14-16H,5-9,11-13H2,(H,25,28)/b19-10-. The summed E-state index contributed by atoms with van der Waals surface area (Å²) >= 11 is 0.811. The highest BCUT2D eigenvalue weighted by Gasteiger charge is 2.54. The second-order valence-electron chi connectivity index (χ2n) is 9.31. The number of rotatable bonds is 5. The number of thioether (sulfide) groups is 1. The second-order valence-corrected chi connectivity index (χ2v) is 10.3. The molecule has 0 spiro atoms. The molecule has 4 aliphatic carbocycles. The summed E-state index contributed by atoms with van der Waals surface area (Å²) in [5.41, 5.74) is 0.0384. The van der Waals surface area contributed by atoms with Crippen molar-refractivity contribution in [2.45, 2.75) is 38.5 Å². The van der Waals surface area contributed by atoms with E-state index in [4.69, 9.17) is 0 Å². The lowest BCUT2D eigenvalue weighted by molar-refractivity contribution is -0.146. The normalized spacial score (nSPS) is 33.6. The van der Waals surface area contributed by atoms with Crippen molar-refractivity contribution in [3.63, 3.8) is 0 Å². The van der Waals surface area contributed by atoms with Gasteiger partial charge in [-0.1, -0.05) is 18.2 Å². The van der Waals surface area contributed by atoms with Gasteiger partial charge in [0.25, 0.3) is 11.1 Å². The van der Waals surface area contributed by atoms with Crippen LogP contribution in [0.25, 0.3) is 6.08 Å². The maximum Gasteiger partial charge on any atom is 0.293 e. The van der Waals surface area contributed by atoms with Crippen LogP contribution in [0.1, 0.15) is 44.1 Å². The highest BCUT2D eigenvalue weighted by molar-refractivity contribution is 8.18. The summed E-state index contributed by atoms with van der Waals surface area (Å²) in [4.78, 5) is 39.3. The summed E-state index contributed by atoms with van der Waals surface area (Å²) in [5.74, 6) is 1.28. The minimum atomic E-state index is -0.438. The van der Waals surface area contributed by atoms with E-state index in [0.717, 1.165) is 35.9 Å². The van der Waals surface area contributed by atoms with E-state index in [-0.39, 0.29) is 40.1 Å². The summed E-state index contributed by atoms with van der Waals surface area (Å²) in [6, 6.07) is 6.13. The van der Waals surface area contributed by atoms with Crippen LogP contribution in [0.3, 0.4) is 0 Å². The van der Waals surface area contributed by atoms with Gasteiger partial charge in [0.2, 0.25) is 5.91 Å². The maximum atomic E-state index is 13.9. The van der Waals surface area contributed by atoms with Gasteiger partial charge in [-0.15, -0.1) is 0 Å². The Balaban J connectivity index is 1.20. The van der Waals surface area contributed by atoms with Crippen LogP contribution in [0.4, 0.5) is 9.18 Å². The maximum absolute atomic E-state index is 13.9. The van der Waals surface area contributed by atoms with E-state index in [1.54, 1.807) is 18.2 Å². The van der Waals surface area contributed by atoms with E-state index in [2.05, 4.69) is 5.32 Å². The van der Waals surface area contributed by atoms with Gasteiger partial charge in [-0.3, -0.25) is 19.3 Å². The Morgan fingerprint density at radius 1 is 1.13 bits per heavy atom. The van der Waals surface area contributed by atoms with Gasteiger partial charge in [0.15, 0.2) is 0 Å². The molecule has 1 heterocycles. The summed E-state index contributed by atoms with van der Waals surface area (Å²) in [6.45, 7) is 0.392. The highest BCUT2D eigenvalue weighted by Crippen LogP contribution is 2.60. The first-order valence-corrected chi connectivity index (χ1v) is 11.5. The molecule has 5 nitrogen and oxygen atoms in total. The Morgan fingerprint density at radius 2 is 1.77 bits per heavy atom. The van der Waals surface area contributed by atoms with Gasteiger partial charge < -0.3 is 5.32 Å². The quantitative estimate of drug-likeness (QED) is 0.714. The van der Waals surface area contributed by atoms with E-state index in [9.17, 15) is 18.8 Å². The van der Waals surface area contributed by atoms with Crippen LogP contribution < -0.4 is 5.32 Å². The Kier molecular flexibility index (Phi) is 4.96. The van der Waals surface area contributed by atoms with E-state index < -0.39 is 11.7 Å². The van der Waals surface area contributed by atoms with Crippen molar-refractivity contribution in [2.75, 3.05) is 13.1 Å². The molecule has 1 aliphatic heterocycles. The molecule has 1 N–H and O–H groups in total. The Labute approximate surface area is 179 Å². The number of benzene rings is 1. The van der Waals surface area contributed by atoms with Crippen molar-refractivity contribution in [2.24, 2.45) is 23.2 Å². The fourth-order valence-corrected chi connectivity index (χ4v) is 7.14. The van der Waals surface area contributed by atoms with Crippen LogP contribution in [-0.2, 0) is 9.59 Å². The average molecular weight is 429 g/mol. The van der Waals surface area contributed by atoms with Gasteiger partial charge in [-0.2, -0.15) is 0 Å². The molecule has 6 rings (SSSR count). The number of halogens is 1. The first kappa shape index (κ1) is 19.8. The summed E-state index contributed by atoms with van der Waals surface area (Å²) in [7, 11) is 0. The number of nitrogens with zero attached hydrogens (tertiary/aromatic N) is 1. The van der Waals surface area contributed by atoms with Crippen LogP contribution in [0, 0.1) is 29.0 Å². The van der Waals surface area contributed by atoms with E-state index in [1.165, 1.54) is 31.4 Å². The molecule has 0 unspecified atom stereocenters. The molecule has 4 bridgehead atoms. The fraction of sp³-hybridized carbons (Fsp3) is 0.522. The topological polar surface area (TPSA) is 66.5 Å². The zero-order chi connectivity index (χ0) is 20.9. The largest absolute Gasteiger partial charge is 0.354 e. The molecular weight excluding hydrogens is 403 g/mol. The van der Waals surface area contributed by atoms with Crippen LogP contribution >= 0.6 is 11.8 Å². The minimum absolute atomic E-state index is 0.0930. The molecule has 0 aromatic heterocycles. The number of nitrogens with one attached hydrogen (secondary N) is 1. The summed E-state index contributed by atoms with van der Waals surface area (Å²) in [6.07, 6.45) is 8.19. The number of carbonyl (C=O) groups is 3. The molecule has 3 amide bonds. The number of carbonyl (C=O) groups excluding carboxylic acids is 3. The molecule has 1 aromatic carbocycles. The lowest BCUT2D eigenvalue weighted by Crippen LogP contribution is -2.54. The lowest BCUT2D eigenvalue weighted by Gasteiger charge is -2.55. The van der Waals surface area contributed by atoms with Crippen molar-refractivity contribution in [3.05, 3.63) is 40.6 Å². The number of hydrogen-bond donors (Lipinski definition) is 1. The third kappa shape index (κ3) is 3.47. The first-order valence-electron chi connectivity index (χ1n) is 10.7. The molecule has 4 saturated carbocycles. The molecule has 158 valence electrons. The SMILES string of the molecule is O=C1S/C(=C\c2ccccc2F)C(=O)N1CCNC(=O)C12CC3CC(CC(C3)C1)C2. The molecule has 7 heteroatoms. The average Bonchev–Trinajstić information content (AvgIpc) is 2.96. The van der Waals surface area contributed by atoms with Gasteiger partial charge in [0.05, 0.1) is 4.91 Å². The van der Waals surface area contributed by atoms with E-state index in [0.29, 0.717) is 17.8 Å². The molecule has 5 fully saturated rings. The lowest BCUT2D eigenvalue weighted by atomic mass is 9.49. The number of imide groups is 1. The van der Waals surface area contributed by atoms with Crippen LogP contribution in [0.2, 0.25) is 0 Å². The fourth-order valence-electron chi connectivity index (χ4n) is 6.28. The molecule has 1 aromatic rings. The summed E-state index contributed by atoms with van der Waals surface area (Å²) in [5, 5.41) is 2.62. The minimum Gasteiger partial charge on any atom is -0.354 e. The van der Waals surface area contributed by atoms with Gasteiger partial charge in [0.1, 0.15) is 5.82 Å². The number of amides is 3. The van der Waals surface area contributed by atoms with Crippen LogP contribution in [0.15, 0.2) is 29.2 Å². The molecule has 1 saturated heterocycles. The zero-order valence-corrected chi connectivity index (χ0v) is 17.6. The molecule has 0 atom stereocenters. The van der Waals surface area contributed by atoms with Gasteiger partial charge in [-0.05, 0) is 80.2 Å². The van der Waals surface area contributed by atoms with Gasteiger partial charge in [-0.25, -0.2) is 4.39 Å². The Morgan fingerprint density at radius 3 is 2.40 bits per heavy atom. The van der Waals surface area contributed by atoms with Crippen LogP contribution in [0.5, 0.6) is 0 Å². The Hall–Kier alpha value is -2.15. The predicted molar refractivity (Wildman–Crippen MR) is 113 cm³/mol. The van der Waals surface area contributed by atoms with Crippen molar-refractivity contribution >= 4 is 34.9 Å². The first-order chi connectivity index (χ1) is 14.4. The third-order valence-corrected chi connectivity index (χ3v) is 8.11. The highest BCUT2D eigenvalue weighted by atomic mass is 32.2. The van der Waals surface area contributed by atoms with Crippen molar-refractivity contribution < 1.29 is 18.8 Å². The molecule has 5 aliphatic rings. The van der Waals surface area contributed by atoms with Gasteiger partial charge >= 0.3 is 0 Å². The van der Waals surface area contributed by atoms with Crippen molar-refractivity contribution in [1.82, 2.24) is 10.2 Å². The van der Waals surface area contributed by atoms with E-state index in [1.807, 2.05) is 0 Å². The molecular formula is C23H25FN2O3S. The molecule has 0 radical (unpaired) electrons. The Bertz CT molecular complexity index is 909. The van der Waals surface area contributed by atoms with Crippen molar-refractivity contribution in [1.29, 1.82) is 0 Å². The van der Waals surface area contributed by atoms with Gasteiger partial charge in [0, 0.05) is 24.1 Å². The monoisotopic (exact) mass is 428 g/mol. The zero-order valence-electron chi connectivity index (χ0n) is 16.7. The smallest absolute Gasteiger partial charge is 0.293 e. The predicted octanol–water partition coefficient (Wildman–Crippen LogP) is 4.19. The third-order valence-electron chi connectivity index (χ3n) is 7.21. The number of hydrogen-bond acceptors (Lipinski definition) is 4. The summed E-state index contributed by atoms with van der Waals surface area (Å²) < 4.78 is 13.9. The van der Waals surface area contributed by atoms with Crippen LogP contribution in [-0.4, -0.2) is 35.0 Å². The molecule has 30 heavy (non-hydrogen) atoms. The second kappa shape index (κ2) is 7.52. The van der Waals surface area contributed by atoms with Crippen molar-refractivity contribution in [3.8, 4) is 0 Å². The van der Waals surface area contributed by atoms with E-state index >= 15 is 0 Å².